The van der Waals surface area contributed by atoms with Gasteiger partial charge in [-0.25, -0.2) is 0 Å². The molecule has 2 nitrogen and oxygen atoms in total. The summed E-state index contributed by atoms with van der Waals surface area (Å²) in [5.74, 6) is 1.26. The third-order valence-corrected chi connectivity index (χ3v) is 3.98. The number of rotatable bonds is 6. The molecule has 0 spiro atoms. The summed E-state index contributed by atoms with van der Waals surface area (Å²) in [5, 5.41) is 0. The molecule has 2 aromatic carbocycles. The van der Waals surface area contributed by atoms with Crippen LogP contribution < -0.4 is 10.5 Å². The van der Waals surface area contributed by atoms with Gasteiger partial charge in [0.2, 0.25) is 0 Å². The predicted molar refractivity (Wildman–Crippen MR) is 89.0 cm³/mol. The third kappa shape index (κ3) is 3.85. The Labute approximate surface area is 127 Å². The van der Waals surface area contributed by atoms with E-state index in [1.54, 1.807) is 0 Å². The van der Waals surface area contributed by atoms with Crippen LogP contribution in [-0.4, -0.2) is 13.2 Å². The summed E-state index contributed by atoms with van der Waals surface area (Å²) in [6.07, 6.45) is 0.944. The lowest BCUT2D eigenvalue weighted by atomic mass is 9.89. The van der Waals surface area contributed by atoms with Crippen LogP contribution in [-0.2, 0) is 6.42 Å². The lowest BCUT2D eigenvalue weighted by molar-refractivity contribution is 0.333. The summed E-state index contributed by atoms with van der Waals surface area (Å²) in [6.45, 7) is 7.59. The average Bonchev–Trinajstić information content (AvgIpc) is 2.50. The van der Waals surface area contributed by atoms with Crippen LogP contribution in [0.3, 0.4) is 0 Å². The van der Waals surface area contributed by atoms with Gasteiger partial charge in [0, 0.05) is 5.92 Å². The van der Waals surface area contributed by atoms with Gasteiger partial charge in [0.1, 0.15) is 5.75 Å². The van der Waals surface area contributed by atoms with Gasteiger partial charge in [0.05, 0.1) is 6.61 Å². The van der Waals surface area contributed by atoms with Crippen LogP contribution in [0.1, 0.15) is 35.1 Å². The van der Waals surface area contributed by atoms with Gasteiger partial charge in [-0.05, 0) is 62.1 Å². The van der Waals surface area contributed by atoms with E-state index >= 15 is 0 Å². The van der Waals surface area contributed by atoms with Crippen molar-refractivity contribution in [3.05, 3.63) is 64.7 Å². The number of nitrogens with two attached hydrogens (primary N) is 1. The molecule has 1 atom stereocenters. The van der Waals surface area contributed by atoms with Crippen molar-refractivity contribution in [2.75, 3.05) is 13.2 Å². The van der Waals surface area contributed by atoms with Crippen molar-refractivity contribution < 1.29 is 4.74 Å². The maximum atomic E-state index is 6.05. The average molecular weight is 283 g/mol. The number of hydrogen-bond acceptors (Lipinski definition) is 2. The largest absolute Gasteiger partial charge is 0.494 e. The summed E-state index contributed by atoms with van der Waals surface area (Å²) < 4.78 is 5.84. The van der Waals surface area contributed by atoms with E-state index in [1.165, 1.54) is 22.3 Å². The van der Waals surface area contributed by atoms with Gasteiger partial charge in [-0.2, -0.15) is 0 Å². The fraction of sp³-hybridized carbons (Fsp3) is 0.368. The second-order valence-corrected chi connectivity index (χ2v) is 5.53. The second-order valence-electron chi connectivity index (χ2n) is 5.53. The molecule has 2 N–H and O–H groups in total. The molecule has 0 saturated carbocycles. The fourth-order valence-corrected chi connectivity index (χ4v) is 2.63. The van der Waals surface area contributed by atoms with Crippen LogP contribution in [0.25, 0.3) is 0 Å². The molecule has 112 valence electrons. The lowest BCUT2D eigenvalue weighted by Crippen LogP contribution is -2.16. The van der Waals surface area contributed by atoms with Crippen LogP contribution in [0, 0.1) is 13.8 Å². The molecule has 0 heterocycles. The van der Waals surface area contributed by atoms with Gasteiger partial charge in [-0.1, -0.05) is 36.4 Å². The van der Waals surface area contributed by atoms with Gasteiger partial charge in [-0.15, -0.1) is 0 Å². The molecule has 0 radical (unpaired) electrons. The quantitative estimate of drug-likeness (QED) is 0.870. The highest BCUT2D eigenvalue weighted by molar-refractivity contribution is 5.44. The molecule has 0 saturated heterocycles. The molecule has 2 aromatic rings. The summed E-state index contributed by atoms with van der Waals surface area (Å²) in [6, 6.07) is 14.9. The Morgan fingerprint density at radius 3 is 2.33 bits per heavy atom. The van der Waals surface area contributed by atoms with E-state index in [-0.39, 0.29) is 5.92 Å². The summed E-state index contributed by atoms with van der Waals surface area (Å²) in [7, 11) is 0. The SMILES string of the molecule is CCOc1cc(C)c(C)cc1C(CN)Cc1ccccc1. The Morgan fingerprint density at radius 1 is 1.05 bits per heavy atom. The van der Waals surface area contributed by atoms with Crippen LogP contribution in [0.5, 0.6) is 5.75 Å². The third-order valence-electron chi connectivity index (χ3n) is 3.98. The van der Waals surface area contributed by atoms with E-state index < -0.39 is 0 Å². The Morgan fingerprint density at radius 2 is 1.71 bits per heavy atom. The minimum atomic E-state index is 0.285. The number of ether oxygens (including phenoxy) is 1. The highest BCUT2D eigenvalue weighted by Gasteiger charge is 2.17. The first-order valence-electron chi connectivity index (χ1n) is 7.63. The standard InChI is InChI=1S/C19H25NO/c1-4-21-19-11-15(3)14(2)10-18(19)17(13-20)12-16-8-6-5-7-9-16/h5-11,17H,4,12-13,20H2,1-3H3. The van der Waals surface area contributed by atoms with E-state index in [1.807, 2.05) is 13.0 Å². The van der Waals surface area contributed by atoms with E-state index in [9.17, 15) is 0 Å². The molecule has 0 fully saturated rings. The first kappa shape index (κ1) is 15.6. The van der Waals surface area contributed by atoms with Gasteiger partial charge in [-0.3, -0.25) is 0 Å². The maximum absolute atomic E-state index is 6.05. The molecule has 0 aromatic heterocycles. The highest BCUT2D eigenvalue weighted by atomic mass is 16.5. The molecule has 0 bridgehead atoms. The highest BCUT2D eigenvalue weighted by Crippen LogP contribution is 2.31. The van der Waals surface area contributed by atoms with Crippen molar-refractivity contribution in [2.24, 2.45) is 5.73 Å². The van der Waals surface area contributed by atoms with E-state index in [4.69, 9.17) is 10.5 Å². The molecule has 0 aliphatic rings. The van der Waals surface area contributed by atoms with Crippen molar-refractivity contribution in [3.63, 3.8) is 0 Å². The zero-order valence-electron chi connectivity index (χ0n) is 13.2. The molecule has 2 rings (SSSR count). The van der Waals surface area contributed by atoms with Crippen molar-refractivity contribution in [1.82, 2.24) is 0 Å². The van der Waals surface area contributed by atoms with Crippen molar-refractivity contribution in [3.8, 4) is 5.75 Å². The first-order valence-corrected chi connectivity index (χ1v) is 7.63. The zero-order chi connectivity index (χ0) is 15.2. The number of benzene rings is 2. The fourth-order valence-electron chi connectivity index (χ4n) is 2.63. The topological polar surface area (TPSA) is 35.2 Å². The molecule has 0 aliphatic carbocycles. The molecule has 21 heavy (non-hydrogen) atoms. The lowest BCUT2D eigenvalue weighted by Gasteiger charge is -2.21. The molecule has 2 heteroatoms. The summed E-state index contributed by atoms with van der Waals surface area (Å²) >= 11 is 0. The van der Waals surface area contributed by atoms with Crippen LogP contribution in [0.15, 0.2) is 42.5 Å². The van der Waals surface area contributed by atoms with Crippen molar-refractivity contribution in [2.45, 2.75) is 33.1 Å². The second kappa shape index (κ2) is 7.28. The first-order chi connectivity index (χ1) is 10.2. The van der Waals surface area contributed by atoms with Gasteiger partial charge >= 0.3 is 0 Å². The summed E-state index contributed by atoms with van der Waals surface area (Å²) in [4.78, 5) is 0. The predicted octanol–water partition coefficient (Wildman–Crippen LogP) is 3.99. The van der Waals surface area contributed by atoms with Crippen molar-refractivity contribution in [1.29, 1.82) is 0 Å². The van der Waals surface area contributed by atoms with Crippen molar-refractivity contribution >= 4 is 0 Å². The van der Waals surface area contributed by atoms with E-state index in [2.05, 4.69) is 50.2 Å². The summed E-state index contributed by atoms with van der Waals surface area (Å²) in [5.41, 5.74) is 11.1. The molecule has 0 aliphatic heterocycles. The minimum absolute atomic E-state index is 0.285. The van der Waals surface area contributed by atoms with Gasteiger partial charge in [0.15, 0.2) is 0 Å². The Bertz CT molecular complexity index is 578. The molecule has 1 unspecified atom stereocenters. The van der Waals surface area contributed by atoms with E-state index in [0.717, 1.165) is 12.2 Å². The maximum Gasteiger partial charge on any atom is 0.123 e. The normalized spacial score (nSPS) is 12.2. The van der Waals surface area contributed by atoms with Crippen LogP contribution in [0.4, 0.5) is 0 Å². The molecular weight excluding hydrogens is 258 g/mol. The molecule has 0 amide bonds. The van der Waals surface area contributed by atoms with E-state index in [0.29, 0.717) is 13.2 Å². The Hall–Kier alpha value is -1.80. The number of aryl methyl sites for hydroxylation is 2. The minimum Gasteiger partial charge on any atom is -0.494 e. The van der Waals surface area contributed by atoms with Crippen LogP contribution in [0.2, 0.25) is 0 Å². The van der Waals surface area contributed by atoms with Crippen LogP contribution >= 0.6 is 0 Å². The Kier molecular flexibility index (Phi) is 5.40. The Balaban J connectivity index is 2.34. The van der Waals surface area contributed by atoms with Gasteiger partial charge < -0.3 is 10.5 Å². The monoisotopic (exact) mass is 283 g/mol. The zero-order valence-corrected chi connectivity index (χ0v) is 13.2. The number of hydrogen-bond donors (Lipinski definition) is 1. The molecular formula is C19H25NO. The van der Waals surface area contributed by atoms with Gasteiger partial charge in [0.25, 0.3) is 0 Å². The smallest absolute Gasteiger partial charge is 0.123 e.